The predicted molar refractivity (Wildman–Crippen MR) is 109 cm³/mol. The van der Waals surface area contributed by atoms with Gasteiger partial charge in [0.05, 0.1) is 4.90 Å². The number of thiazole rings is 1. The number of rotatable bonds is 6. The molecule has 0 aliphatic carbocycles. The second-order valence-corrected chi connectivity index (χ2v) is 8.91. The second-order valence-electron chi connectivity index (χ2n) is 5.89. The van der Waals surface area contributed by atoms with Crippen LogP contribution in [0.3, 0.4) is 0 Å². The number of anilines is 1. The number of hydrogen-bond donors (Lipinski definition) is 2. The Balaban J connectivity index is 1.50. The van der Waals surface area contributed by atoms with Crippen molar-refractivity contribution in [1.82, 2.24) is 20.2 Å². The van der Waals surface area contributed by atoms with E-state index in [2.05, 4.69) is 24.9 Å². The van der Waals surface area contributed by atoms with Gasteiger partial charge in [-0.1, -0.05) is 23.7 Å². The number of aromatic amines is 1. The summed E-state index contributed by atoms with van der Waals surface area (Å²) in [7, 11) is -3.68. The van der Waals surface area contributed by atoms with Gasteiger partial charge in [0.25, 0.3) is 10.0 Å². The summed E-state index contributed by atoms with van der Waals surface area (Å²) in [4.78, 5) is 7.23. The van der Waals surface area contributed by atoms with Gasteiger partial charge in [0, 0.05) is 28.6 Å². The van der Waals surface area contributed by atoms with Crippen LogP contribution in [0.25, 0.3) is 11.4 Å². The van der Waals surface area contributed by atoms with Crippen LogP contribution in [-0.4, -0.2) is 28.6 Å². The van der Waals surface area contributed by atoms with Crippen molar-refractivity contribution in [2.45, 2.75) is 11.3 Å². The van der Waals surface area contributed by atoms with Gasteiger partial charge in [0.15, 0.2) is 11.0 Å². The molecular formula is C18H14ClN5O2S2. The fourth-order valence-electron chi connectivity index (χ4n) is 2.59. The molecule has 2 N–H and O–H groups in total. The zero-order valence-corrected chi connectivity index (χ0v) is 16.7. The minimum absolute atomic E-state index is 0.144. The first-order valence-corrected chi connectivity index (χ1v) is 10.9. The van der Waals surface area contributed by atoms with E-state index in [9.17, 15) is 8.42 Å². The maximum absolute atomic E-state index is 12.4. The second kappa shape index (κ2) is 7.70. The van der Waals surface area contributed by atoms with Gasteiger partial charge in [-0.2, -0.15) is 0 Å². The Bertz CT molecular complexity index is 1190. The highest BCUT2D eigenvalue weighted by atomic mass is 35.5. The van der Waals surface area contributed by atoms with Crippen LogP contribution in [0.4, 0.5) is 5.13 Å². The van der Waals surface area contributed by atoms with E-state index in [-0.39, 0.29) is 4.90 Å². The molecule has 0 atom stereocenters. The van der Waals surface area contributed by atoms with Crippen LogP contribution < -0.4 is 4.72 Å². The van der Waals surface area contributed by atoms with Gasteiger partial charge in [-0.05, 0) is 42.0 Å². The molecule has 0 aliphatic heterocycles. The normalized spacial score (nSPS) is 11.5. The third-order valence-corrected chi connectivity index (χ3v) is 6.29. The number of nitrogens with zero attached hydrogens (tertiary/aromatic N) is 3. The van der Waals surface area contributed by atoms with Crippen LogP contribution in [0.1, 0.15) is 11.4 Å². The fraction of sp³-hybridized carbons (Fsp3) is 0.0556. The topological polar surface area (TPSA) is 101 Å². The molecule has 0 unspecified atom stereocenters. The fourth-order valence-corrected chi connectivity index (χ4v) is 4.59. The first kappa shape index (κ1) is 18.6. The molecule has 10 heteroatoms. The van der Waals surface area contributed by atoms with Gasteiger partial charge >= 0.3 is 0 Å². The van der Waals surface area contributed by atoms with Crippen molar-refractivity contribution < 1.29 is 8.42 Å². The molecule has 0 bridgehead atoms. The quantitative estimate of drug-likeness (QED) is 0.481. The summed E-state index contributed by atoms with van der Waals surface area (Å²) in [5.74, 6) is 1.26. The Hall–Kier alpha value is -2.75. The van der Waals surface area contributed by atoms with Gasteiger partial charge in [0.2, 0.25) is 0 Å². The Kier molecular flexibility index (Phi) is 5.12. The molecule has 2 aromatic heterocycles. The van der Waals surface area contributed by atoms with Crippen molar-refractivity contribution in [3.05, 3.63) is 76.5 Å². The summed E-state index contributed by atoms with van der Waals surface area (Å²) < 4.78 is 27.2. The number of benzene rings is 2. The van der Waals surface area contributed by atoms with E-state index in [0.717, 1.165) is 11.1 Å². The molecule has 7 nitrogen and oxygen atoms in total. The molecule has 2 aromatic carbocycles. The van der Waals surface area contributed by atoms with E-state index in [4.69, 9.17) is 11.6 Å². The van der Waals surface area contributed by atoms with Crippen LogP contribution >= 0.6 is 22.9 Å². The monoisotopic (exact) mass is 431 g/mol. The number of H-pyrrole nitrogens is 1. The molecule has 28 heavy (non-hydrogen) atoms. The van der Waals surface area contributed by atoms with Crippen LogP contribution in [0, 0.1) is 0 Å². The standard InChI is InChI=1S/C18H14ClN5O2S2/c19-14-3-1-2-12(10-14)11-16-21-17(23-22-16)13-4-6-15(7-5-13)28(25,26)24-18-20-8-9-27-18/h1-10H,11H2,(H,20,24)(H,21,22,23). The van der Waals surface area contributed by atoms with Crippen LogP contribution in [0.15, 0.2) is 65.0 Å². The summed E-state index contributed by atoms with van der Waals surface area (Å²) in [6.45, 7) is 0. The molecule has 4 rings (SSSR count). The Labute approximate surface area is 170 Å². The maximum atomic E-state index is 12.4. The molecular weight excluding hydrogens is 418 g/mol. The van der Waals surface area contributed by atoms with Crippen LogP contribution in [-0.2, 0) is 16.4 Å². The van der Waals surface area contributed by atoms with Gasteiger partial charge in [0.1, 0.15) is 5.82 Å². The zero-order chi connectivity index (χ0) is 19.6. The maximum Gasteiger partial charge on any atom is 0.263 e. The zero-order valence-electron chi connectivity index (χ0n) is 14.3. The highest BCUT2D eigenvalue weighted by molar-refractivity contribution is 7.93. The summed E-state index contributed by atoms with van der Waals surface area (Å²) in [6, 6.07) is 13.9. The lowest BCUT2D eigenvalue weighted by Crippen LogP contribution is -2.12. The van der Waals surface area contributed by atoms with Crippen molar-refractivity contribution in [1.29, 1.82) is 0 Å². The highest BCUT2D eigenvalue weighted by Crippen LogP contribution is 2.22. The molecule has 0 amide bonds. The lowest BCUT2D eigenvalue weighted by Gasteiger charge is -2.05. The van der Waals surface area contributed by atoms with E-state index in [0.29, 0.717) is 28.2 Å². The molecule has 0 fully saturated rings. The van der Waals surface area contributed by atoms with Crippen molar-refractivity contribution in [2.24, 2.45) is 0 Å². The van der Waals surface area contributed by atoms with Crippen molar-refractivity contribution >= 4 is 38.1 Å². The molecule has 2 heterocycles. The first-order valence-electron chi connectivity index (χ1n) is 8.18. The lowest BCUT2D eigenvalue weighted by molar-refractivity contribution is 0.601. The number of aromatic nitrogens is 4. The SMILES string of the molecule is O=S(=O)(Nc1nccs1)c1ccc(-c2nnc(Cc3cccc(Cl)c3)[nH]2)cc1. The van der Waals surface area contributed by atoms with E-state index < -0.39 is 10.0 Å². The smallest absolute Gasteiger partial charge is 0.263 e. The molecule has 0 spiro atoms. The van der Waals surface area contributed by atoms with Gasteiger partial charge < -0.3 is 4.98 Å². The molecule has 4 aromatic rings. The number of halogens is 1. The number of hydrogen-bond acceptors (Lipinski definition) is 6. The highest BCUT2D eigenvalue weighted by Gasteiger charge is 2.16. The van der Waals surface area contributed by atoms with Crippen LogP contribution in [0.5, 0.6) is 0 Å². The van der Waals surface area contributed by atoms with Gasteiger partial charge in [-0.25, -0.2) is 13.4 Å². The molecule has 0 saturated carbocycles. The van der Waals surface area contributed by atoms with E-state index in [1.165, 1.54) is 29.7 Å². The number of nitrogens with one attached hydrogen (secondary N) is 2. The number of sulfonamides is 1. The molecule has 0 aliphatic rings. The van der Waals surface area contributed by atoms with E-state index in [1.54, 1.807) is 17.5 Å². The third-order valence-electron chi connectivity index (χ3n) is 3.89. The molecule has 0 radical (unpaired) electrons. The van der Waals surface area contributed by atoms with Crippen molar-refractivity contribution in [3.63, 3.8) is 0 Å². The third kappa shape index (κ3) is 4.22. The first-order chi connectivity index (χ1) is 13.5. The minimum atomic E-state index is -3.68. The molecule has 142 valence electrons. The largest absolute Gasteiger partial charge is 0.325 e. The summed E-state index contributed by atoms with van der Waals surface area (Å²) >= 11 is 7.22. The summed E-state index contributed by atoms with van der Waals surface area (Å²) in [6.07, 6.45) is 2.11. The molecule has 0 saturated heterocycles. The Morgan fingerprint density at radius 1 is 1.11 bits per heavy atom. The minimum Gasteiger partial charge on any atom is -0.325 e. The Morgan fingerprint density at radius 3 is 2.64 bits per heavy atom. The van der Waals surface area contributed by atoms with Gasteiger partial charge in [-0.15, -0.1) is 21.5 Å². The average molecular weight is 432 g/mol. The summed E-state index contributed by atoms with van der Waals surface area (Å²) in [5, 5.41) is 11.0. The Morgan fingerprint density at radius 2 is 1.93 bits per heavy atom. The lowest BCUT2D eigenvalue weighted by atomic mass is 10.1. The van der Waals surface area contributed by atoms with Crippen molar-refractivity contribution in [3.8, 4) is 11.4 Å². The average Bonchev–Trinajstić information content (AvgIpc) is 3.34. The summed E-state index contributed by atoms with van der Waals surface area (Å²) in [5.41, 5.74) is 1.75. The predicted octanol–water partition coefficient (Wildman–Crippen LogP) is 3.97. The van der Waals surface area contributed by atoms with E-state index in [1.807, 2.05) is 24.3 Å². The van der Waals surface area contributed by atoms with E-state index >= 15 is 0 Å². The van der Waals surface area contributed by atoms with Crippen LogP contribution in [0.2, 0.25) is 5.02 Å². The van der Waals surface area contributed by atoms with Crippen molar-refractivity contribution in [2.75, 3.05) is 4.72 Å². The van der Waals surface area contributed by atoms with Gasteiger partial charge in [-0.3, -0.25) is 4.72 Å².